The molecule has 4 nitrogen and oxygen atoms in total. The Morgan fingerprint density at radius 3 is 2.50 bits per heavy atom. The molecule has 1 saturated heterocycles. The van der Waals surface area contributed by atoms with Gasteiger partial charge in [-0.05, 0) is 12.8 Å². The van der Waals surface area contributed by atoms with Crippen LogP contribution in [0.5, 0.6) is 0 Å². The van der Waals surface area contributed by atoms with Crippen molar-refractivity contribution in [1.82, 2.24) is 9.88 Å². The van der Waals surface area contributed by atoms with Gasteiger partial charge in [-0.2, -0.15) is 0 Å². The molecule has 0 aliphatic carbocycles. The molecule has 0 unspecified atom stereocenters. The fourth-order valence-corrected chi connectivity index (χ4v) is 2.37. The Bertz CT molecular complexity index is 474. The molecular formula is C11H11Cl3N2O2. The number of amides is 1. The molecule has 0 atom stereocenters. The second-order valence-electron chi connectivity index (χ2n) is 4.11. The first-order valence-electron chi connectivity index (χ1n) is 5.47. The molecule has 0 radical (unpaired) electrons. The second kappa shape index (κ2) is 5.61. The minimum absolute atomic E-state index is 0.0697. The molecule has 1 aromatic heterocycles. The van der Waals surface area contributed by atoms with Gasteiger partial charge in [0.2, 0.25) is 0 Å². The van der Waals surface area contributed by atoms with Crippen LogP contribution in [-0.2, 0) is 0 Å². The van der Waals surface area contributed by atoms with Gasteiger partial charge in [0.05, 0.1) is 21.2 Å². The minimum atomic E-state index is -0.341. The largest absolute Gasteiger partial charge is 0.393 e. The number of hydrogen-bond acceptors (Lipinski definition) is 3. The lowest BCUT2D eigenvalue weighted by atomic mass is 10.1. The van der Waals surface area contributed by atoms with Gasteiger partial charge in [0.25, 0.3) is 5.91 Å². The zero-order valence-corrected chi connectivity index (χ0v) is 11.6. The molecule has 98 valence electrons. The SMILES string of the molecule is O=C(c1ncc(Cl)c(Cl)c1Cl)N1CCC(O)CC1. The highest BCUT2D eigenvalue weighted by atomic mass is 35.5. The van der Waals surface area contributed by atoms with E-state index in [1.165, 1.54) is 6.20 Å². The lowest BCUT2D eigenvalue weighted by Crippen LogP contribution is -2.40. The minimum Gasteiger partial charge on any atom is -0.393 e. The van der Waals surface area contributed by atoms with Gasteiger partial charge in [-0.25, -0.2) is 4.98 Å². The van der Waals surface area contributed by atoms with E-state index in [9.17, 15) is 9.90 Å². The number of nitrogens with zero attached hydrogens (tertiary/aromatic N) is 2. The topological polar surface area (TPSA) is 53.4 Å². The third-order valence-electron chi connectivity index (χ3n) is 2.87. The number of aliphatic hydroxyl groups excluding tert-OH is 1. The molecule has 0 aromatic carbocycles. The summed E-state index contributed by atoms with van der Waals surface area (Å²) in [5.41, 5.74) is 0.0995. The average Bonchev–Trinajstić information content (AvgIpc) is 2.36. The van der Waals surface area contributed by atoms with Crippen molar-refractivity contribution in [1.29, 1.82) is 0 Å². The van der Waals surface area contributed by atoms with E-state index >= 15 is 0 Å². The van der Waals surface area contributed by atoms with Crippen LogP contribution in [0.1, 0.15) is 23.3 Å². The van der Waals surface area contributed by atoms with Gasteiger partial charge in [0.15, 0.2) is 0 Å². The maximum atomic E-state index is 12.2. The maximum absolute atomic E-state index is 12.2. The highest BCUT2D eigenvalue weighted by molar-refractivity contribution is 6.48. The highest BCUT2D eigenvalue weighted by Gasteiger charge is 2.26. The number of halogens is 3. The van der Waals surface area contributed by atoms with Crippen molar-refractivity contribution in [2.75, 3.05) is 13.1 Å². The van der Waals surface area contributed by atoms with E-state index in [0.29, 0.717) is 25.9 Å². The third kappa shape index (κ3) is 2.72. The first kappa shape index (κ1) is 13.9. The number of piperidine rings is 1. The quantitative estimate of drug-likeness (QED) is 0.867. The summed E-state index contributed by atoms with van der Waals surface area (Å²) in [6.45, 7) is 0.969. The second-order valence-corrected chi connectivity index (χ2v) is 5.27. The molecule has 1 aromatic rings. The summed E-state index contributed by atoms with van der Waals surface area (Å²) in [7, 11) is 0. The van der Waals surface area contributed by atoms with Gasteiger partial charge in [-0.1, -0.05) is 34.8 Å². The molecule has 0 saturated carbocycles. The van der Waals surface area contributed by atoms with E-state index in [-0.39, 0.29) is 32.8 Å². The number of aromatic nitrogens is 1. The number of likely N-dealkylation sites (tertiary alicyclic amines) is 1. The van der Waals surface area contributed by atoms with Crippen LogP contribution in [0.15, 0.2) is 6.20 Å². The monoisotopic (exact) mass is 308 g/mol. The predicted molar refractivity (Wildman–Crippen MR) is 70.4 cm³/mol. The Hall–Kier alpha value is -0.550. The molecule has 1 fully saturated rings. The van der Waals surface area contributed by atoms with E-state index in [1.54, 1.807) is 4.90 Å². The molecule has 18 heavy (non-hydrogen) atoms. The molecule has 0 bridgehead atoms. The van der Waals surface area contributed by atoms with Crippen molar-refractivity contribution >= 4 is 40.7 Å². The van der Waals surface area contributed by atoms with Crippen LogP contribution < -0.4 is 0 Å². The normalized spacial score (nSPS) is 17.0. The Balaban J connectivity index is 2.21. The molecule has 2 heterocycles. The number of carbonyl (C=O) groups is 1. The van der Waals surface area contributed by atoms with Crippen LogP contribution in [0.2, 0.25) is 15.1 Å². The molecule has 1 aliphatic heterocycles. The van der Waals surface area contributed by atoms with Gasteiger partial charge in [0, 0.05) is 19.3 Å². The smallest absolute Gasteiger partial charge is 0.274 e. The van der Waals surface area contributed by atoms with Crippen molar-refractivity contribution in [3.8, 4) is 0 Å². The summed E-state index contributed by atoms with van der Waals surface area (Å²) in [6.07, 6.45) is 2.09. The van der Waals surface area contributed by atoms with Crippen LogP contribution >= 0.6 is 34.8 Å². The standard InChI is InChI=1S/C11H11Cl3N2O2/c12-7-5-15-10(9(14)8(7)13)11(18)16-3-1-6(17)2-4-16/h5-6,17H,1-4H2. The van der Waals surface area contributed by atoms with Crippen LogP contribution in [0.3, 0.4) is 0 Å². The van der Waals surface area contributed by atoms with Gasteiger partial charge >= 0.3 is 0 Å². The maximum Gasteiger partial charge on any atom is 0.274 e. The Morgan fingerprint density at radius 1 is 1.28 bits per heavy atom. The van der Waals surface area contributed by atoms with Gasteiger partial charge in [0.1, 0.15) is 5.69 Å². The van der Waals surface area contributed by atoms with Crippen molar-refractivity contribution in [2.45, 2.75) is 18.9 Å². The van der Waals surface area contributed by atoms with Crippen LogP contribution in [0.4, 0.5) is 0 Å². The van der Waals surface area contributed by atoms with E-state index in [4.69, 9.17) is 34.8 Å². The van der Waals surface area contributed by atoms with Crippen molar-refractivity contribution < 1.29 is 9.90 Å². The Labute approximate surface area is 119 Å². The first-order valence-corrected chi connectivity index (χ1v) is 6.61. The number of pyridine rings is 1. The Kier molecular flexibility index (Phi) is 4.33. The summed E-state index contributed by atoms with van der Waals surface area (Å²) in [4.78, 5) is 17.7. The summed E-state index contributed by atoms with van der Waals surface area (Å²) < 4.78 is 0. The van der Waals surface area contributed by atoms with E-state index in [1.807, 2.05) is 0 Å². The molecule has 1 amide bonds. The predicted octanol–water partition coefficient (Wildman–Crippen LogP) is 2.64. The highest BCUT2D eigenvalue weighted by Crippen LogP contribution is 2.31. The number of rotatable bonds is 1. The first-order chi connectivity index (χ1) is 8.50. The number of aliphatic hydroxyl groups is 1. The van der Waals surface area contributed by atoms with Crippen LogP contribution in [0.25, 0.3) is 0 Å². The van der Waals surface area contributed by atoms with Crippen molar-refractivity contribution in [2.24, 2.45) is 0 Å². The van der Waals surface area contributed by atoms with E-state index in [0.717, 1.165) is 0 Å². The summed E-state index contributed by atoms with van der Waals surface area (Å²) in [6, 6.07) is 0. The van der Waals surface area contributed by atoms with Gasteiger partial charge < -0.3 is 10.0 Å². The summed E-state index contributed by atoms with van der Waals surface area (Å²) in [5, 5.41) is 9.81. The zero-order valence-electron chi connectivity index (χ0n) is 9.37. The van der Waals surface area contributed by atoms with Crippen LogP contribution in [0, 0.1) is 0 Å². The van der Waals surface area contributed by atoms with E-state index < -0.39 is 0 Å². The third-order valence-corrected chi connectivity index (χ3v) is 4.11. The van der Waals surface area contributed by atoms with Gasteiger partial charge in [-0.15, -0.1) is 0 Å². The van der Waals surface area contributed by atoms with Crippen molar-refractivity contribution in [3.05, 3.63) is 27.0 Å². The lowest BCUT2D eigenvalue weighted by Gasteiger charge is -2.29. The van der Waals surface area contributed by atoms with Crippen LogP contribution in [-0.4, -0.2) is 40.1 Å². The van der Waals surface area contributed by atoms with E-state index in [2.05, 4.69) is 4.98 Å². The van der Waals surface area contributed by atoms with Gasteiger partial charge in [-0.3, -0.25) is 4.79 Å². The summed E-state index contributed by atoms with van der Waals surface area (Å²) in [5.74, 6) is -0.287. The summed E-state index contributed by atoms with van der Waals surface area (Å²) >= 11 is 17.6. The number of hydrogen-bond donors (Lipinski definition) is 1. The lowest BCUT2D eigenvalue weighted by molar-refractivity contribution is 0.0542. The fourth-order valence-electron chi connectivity index (χ4n) is 1.81. The molecule has 2 rings (SSSR count). The molecule has 7 heteroatoms. The molecule has 1 aliphatic rings. The zero-order chi connectivity index (χ0) is 13.3. The molecule has 0 spiro atoms. The van der Waals surface area contributed by atoms with Crippen molar-refractivity contribution in [3.63, 3.8) is 0 Å². The number of carbonyl (C=O) groups excluding carboxylic acids is 1. The Morgan fingerprint density at radius 2 is 1.89 bits per heavy atom. The molecule has 1 N–H and O–H groups in total. The molecular weight excluding hydrogens is 298 g/mol. The average molecular weight is 310 g/mol. The fraction of sp³-hybridized carbons (Fsp3) is 0.455.